The zero-order chi connectivity index (χ0) is 6.69. The molecular weight excluding hydrogens is 119 g/mol. The minimum Gasteiger partial charge on any atom is -0.408 e. The van der Waals surface area contributed by atoms with E-state index in [1.807, 2.05) is 0 Å². The average molecular weight is 126 g/mol. The van der Waals surface area contributed by atoms with Gasteiger partial charge in [-0.05, 0) is 12.3 Å². The number of nitrogens with zero attached hydrogens (tertiary/aromatic N) is 2. The van der Waals surface area contributed by atoms with Crippen LogP contribution in [0.3, 0.4) is 0 Å². The number of hydrogen-bond donors (Lipinski definition) is 2. The monoisotopic (exact) mass is 126 g/mol. The lowest BCUT2D eigenvalue weighted by Gasteiger charge is -2.17. The molecule has 0 aliphatic carbocycles. The fourth-order valence-electron chi connectivity index (χ4n) is 0.548. The maximum Gasteiger partial charge on any atom is 0.588 e. The standard InChI is InChI=1S/C4H7BN2O2/c8-5(9)7-3-1-2-6-4-7/h1-3,8-9H,4H2. The Bertz CT molecular complexity index is 146. The van der Waals surface area contributed by atoms with Crippen LogP contribution in [-0.2, 0) is 0 Å². The molecule has 0 spiro atoms. The summed E-state index contributed by atoms with van der Waals surface area (Å²) >= 11 is 0. The lowest BCUT2D eigenvalue weighted by Crippen LogP contribution is -2.36. The first kappa shape index (κ1) is 6.32. The van der Waals surface area contributed by atoms with Crippen molar-refractivity contribution in [1.29, 1.82) is 0 Å². The maximum absolute atomic E-state index is 8.53. The summed E-state index contributed by atoms with van der Waals surface area (Å²) in [6.07, 6.45) is 4.82. The summed E-state index contributed by atoms with van der Waals surface area (Å²) in [6, 6.07) is 0. The Hall–Kier alpha value is -0.805. The molecule has 1 heterocycles. The van der Waals surface area contributed by atoms with Crippen LogP contribution in [0.5, 0.6) is 0 Å². The predicted octanol–water partition coefficient (Wildman–Crippen LogP) is -1.19. The van der Waals surface area contributed by atoms with Crippen LogP contribution in [0.1, 0.15) is 0 Å². The Morgan fingerprint density at radius 2 is 2.33 bits per heavy atom. The van der Waals surface area contributed by atoms with E-state index in [0.29, 0.717) is 6.67 Å². The van der Waals surface area contributed by atoms with Crippen LogP contribution in [0.15, 0.2) is 17.3 Å². The zero-order valence-electron chi connectivity index (χ0n) is 4.81. The van der Waals surface area contributed by atoms with Gasteiger partial charge in [0.25, 0.3) is 0 Å². The Kier molecular flexibility index (Phi) is 1.86. The Morgan fingerprint density at radius 1 is 1.56 bits per heavy atom. The van der Waals surface area contributed by atoms with Crippen LogP contribution < -0.4 is 0 Å². The van der Waals surface area contributed by atoms with E-state index in [-0.39, 0.29) is 0 Å². The van der Waals surface area contributed by atoms with Gasteiger partial charge in [-0.2, -0.15) is 0 Å². The van der Waals surface area contributed by atoms with Gasteiger partial charge in [0.1, 0.15) is 6.67 Å². The molecular formula is C4H7BN2O2. The van der Waals surface area contributed by atoms with Crippen molar-refractivity contribution in [1.82, 2.24) is 4.81 Å². The molecule has 4 nitrogen and oxygen atoms in total. The van der Waals surface area contributed by atoms with Gasteiger partial charge in [0.15, 0.2) is 0 Å². The molecule has 1 aliphatic rings. The zero-order valence-corrected chi connectivity index (χ0v) is 4.81. The number of rotatable bonds is 1. The molecule has 0 aromatic carbocycles. The fourth-order valence-corrected chi connectivity index (χ4v) is 0.548. The normalized spacial score (nSPS) is 16.4. The highest BCUT2D eigenvalue weighted by Gasteiger charge is 2.15. The SMILES string of the molecule is OB(O)N1C=CC=NC1. The van der Waals surface area contributed by atoms with Gasteiger partial charge < -0.3 is 14.9 Å². The molecule has 48 valence electrons. The van der Waals surface area contributed by atoms with Gasteiger partial charge in [-0.1, -0.05) is 0 Å². The number of aliphatic imine (C=N–C) groups is 1. The second-order valence-corrected chi connectivity index (χ2v) is 1.68. The molecule has 0 atom stereocenters. The largest absolute Gasteiger partial charge is 0.588 e. The molecule has 0 aromatic rings. The summed E-state index contributed by atoms with van der Waals surface area (Å²) in [6.45, 7) is 0.314. The van der Waals surface area contributed by atoms with E-state index in [1.54, 1.807) is 18.5 Å². The molecule has 1 rings (SSSR count). The minimum atomic E-state index is -1.43. The molecule has 0 bridgehead atoms. The molecule has 0 fully saturated rings. The van der Waals surface area contributed by atoms with Crippen molar-refractivity contribution in [3.05, 3.63) is 12.3 Å². The Balaban J connectivity index is 2.46. The van der Waals surface area contributed by atoms with E-state index in [1.165, 1.54) is 4.81 Å². The van der Waals surface area contributed by atoms with Crippen LogP contribution in [-0.4, -0.2) is 35.0 Å². The molecule has 2 N–H and O–H groups in total. The summed E-state index contributed by atoms with van der Waals surface area (Å²) in [5.74, 6) is 0. The van der Waals surface area contributed by atoms with Gasteiger partial charge in [-0.25, -0.2) is 0 Å². The van der Waals surface area contributed by atoms with Gasteiger partial charge in [0.2, 0.25) is 0 Å². The van der Waals surface area contributed by atoms with Crippen LogP contribution in [0.4, 0.5) is 0 Å². The molecule has 5 heteroatoms. The van der Waals surface area contributed by atoms with Crippen molar-refractivity contribution in [2.45, 2.75) is 0 Å². The molecule has 0 amide bonds. The van der Waals surface area contributed by atoms with E-state index >= 15 is 0 Å². The first-order valence-electron chi connectivity index (χ1n) is 2.59. The van der Waals surface area contributed by atoms with Crippen LogP contribution in [0, 0.1) is 0 Å². The quantitative estimate of drug-likeness (QED) is 0.434. The van der Waals surface area contributed by atoms with Gasteiger partial charge >= 0.3 is 7.25 Å². The second-order valence-electron chi connectivity index (χ2n) is 1.68. The molecule has 0 unspecified atom stereocenters. The van der Waals surface area contributed by atoms with Crippen molar-refractivity contribution in [3.63, 3.8) is 0 Å². The predicted molar refractivity (Wildman–Crippen MR) is 34.5 cm³/mol. The summed E-state index contributed by atoms with van der Waals surface area (Å²) in [5, 5.41) is 17.1. The highest BCUT2D eigenvalue weighted by Crippen LogP contribution is 1.94. The van der Waals surface area contributed by atoms with Gasteiger partial charge in [0, 0.05) is 6.21 Å². The lowest BCUT2D eigenvalue weighted by molar-refractivity contribution is 0.318. The van der Waals surface area contributed by atoms with E-state index < -0.39 is 7.25 Å². The second kappa shape index (κ2) is 2.66. The van der Waals surface area contributed by atoms with Crippen molar-refractivity contribution < 1.29 is 10.0 Å². The van der Waals surface area contributed by atoms with Crippen LogP contribution in [0.25, 0.3) is 0 Å². The van der Waals surface area contributed by atoms with Gasteiger partial charge in [-0.15, -0.1) is 0 Å². The highest BCUT2D eigenvalue weighted by molar-refractivity contribution is 6.38. The van der Waals surface area contributed by atoms with Crippen molar-refractivity contribution >= 4 is 13.5 Å². The summed E-state index contributed by atoms with van der Waals surface area (Å²) in [5.41, 5.74) is 0. The van der Waals surface area contributed by atoms with E-state index in [2.05, 4.69) is 4.99 Å². The fraction of sp³-hybridized carbons (Fsp3) is 0.250. The molecule has 1 aliphatic heterocycles. The third kappa shape index (κ3) is 1.55. The maximum atomic E-state index is 8.53. The summed E-state index contributed by atoms with van der Waals surface area (Å²) < 4.78 is 0. The molecule has 0 radical (unpaired) electrons. The smallest absolute Gasteiger partial charge is 0.408 e. The van der Waals surface area contributed by atoms with Crippen molar-refractivity contribution in [2.75, 3.05) is 6.67 Å². The van der Waals surface area contributed by atoms with Crippen LogP contribution in [0.2, 0.25) is 0 Å². The van der Waals surface area contributed by atoms with Crippen LogP contribution >= 0.6 is 0 Å². The van der Waals surface area contributed by atoms with E-state index in [4.69, 9.17) is 10.0 Å². The number of hydrogen-bond acceptors (Lipinski definition) is 4. The van der Waals surface area contributed by atoms with Gasteiger partial charge in [0.05, 0.1) is 0 Å². The third-order valence-electron chi connectivity index (χ3n) is 1.01. The first-order chi connectivity index (χ1) is 4.30. The molecule has 0 saturated heterocycles. The number of allylic oxidation sites excluding steroid dienone is 1. The molecule has 9 heavy (non-hydrogen) atoms. The first-order valence-corrected chi connectivity index (χ1v) is 2.59. The highest BCUT2D eigenvalue weighted by atomic mass is 16.4. The average Bonchev–Trinajstić information content (AvgIpc) is 1.90. The van der Waals surface area contributed by atoms with Gasteiger partial charge in [-0.3, -0.25) is 4.99 Å². The summed E-state index contributed by atoms with van der Waals surface area (Å²) in [4.78, 5) is 5.07. The lowest BCUT2D eigenvalue weighted by atomic mass is 10.1. The Morgan fingerprint density at radius 3 is 2.67 bits per heavy atom. The van der Waals surface area contributed by atoms with Crippen molar-refractivity contribution in [2.24, 2.45) is 4.99 Å². The topological polar surface area (TPSA) is 56.1 Å². The molecule has 0 aromatic heterocycles. The third-order valence-corrected chi connectivity index (χ3v) is 1.01. The molecule has 0 saturated carbocycles. The summed E-state index contributed by atoms with van der Waals surface area (Å²) in [7, 11) is -1.43. The minimum absolute atomic E-state index is 0.314. The van der Waals surface area contributed by atoms with E-state index in [0.717, 1.165) is 0 Å². The van der Waals surface area contributed by atoms with Crippen molar-refractivity contribution in [3.8, 4) is 0 Å². The van der Waals surface area contributed by atoms with E-state index in [9.17, 15) is 0 Å². The Labute approximate surface area is 53.3 Å².